The summed E-state index contributed by atoms with van der Waals surface area (Å²) in [6, 6.07) is 0. The summed E-state index contributed by atoms with van der Waals surface area (Å²) in [5.41, 5.74) is 2.38. The number of hydrogen-bond acceptors (Lipinski definition) is 9. The highest BCUT2D eigenvalue weighted by Gasteiger charge is 2.35. The van der Waals surface area contributed by atoms with Crippen LogP contribution in [0.15, 0.2) is 22.5 Å². The lowest BCUT2D eigenvalue weighted by Gasteiger charge is -2.35. The van der Waals surface area contributed by atoms with Gasteiger partial charge in [-0.15, -0.1) is 0 Å². The molecule has 0 aromatic carbocycles. The molecule has 2 saturated heterocycles. The molecule has 3 aliphatic rings. The molecular formula is C23H37N3O6. The fraction of sp³-hybridized carbons (Fsp3) is 0.739. The van der Waals surface area contributed by atoms with E-state index in [0.717, 1.165) is 26.2 Å². The highest BCUT2D eigenvalue weighted by atomic mass is 16.5. The van der Waals surface area contributed by atoms with Gasteiger partial charge in [0, 0.05) is 56.6 Å². The molecule has 0 saturated carbocycles. The standard InChI is InChI=1S/C23H37N3O6/c1-5-31-22(27)20-16(2)21(18(4)24-17(20)3)23(28)32-19(14-25-6-10-29-11-7-25)15-26-8-12-30-13-9-26/h16,19,24H,5-15H2,1-4H3. The van der Waals surface area contributed by atoms with Crippen molar-refractivity contribution in [3.8, 4) is 0 Å². The second kappa shape index (κ2) is 11.8. The van der Waals surface area contributed by atoms with Gasteiger partial charge in [0.05, 0.1) is 44.2 Å². The zero-order valence-electron chi connectivity index (χ0n) is 19.8. The number of carbonyl (C=O) groups excluding carboxylic acids is 2. The first-order valence-corrected chi connectivity index (χ1v) is 11.6. The predicted molar refractivity (Wildman–Crippen MR) is 119 cm³/mol. The van der Waals surface area contributed by atoms with E-state index >= 15 is 0 Å². The molecule has 0 amide bonds. The van der Waals surface area contributed by atoms with Crippen molar-refractivity contribution in [3.63, 3.8) is 0 Å². The van der Waals surface area contributed by atoms with Crippen LogP contribution < -0.4 is 5.32 Å². The molecule has 1 atom stereocenters. The molecule has 0 aliphatic carbocycles. The van der Waals surface area contributed by atoms with Gasteiger partial charge in [0.25, 0.3) is 0 Å². The monoisotopic (exact) mass is 451 g/mol. The number of allylic oxidation sites excluding steroid dienone is 2. The molecule has 3 heterocycles. The van der Waals surface area contributed by atoms with Gasteiger partial charge in [0.1, 0.15) is 6.10 Å². The van der Waals surface area contributed by atoms with Crippen LogP contribution >= 0.6 is 0 Å². The van der Waals surface area contributed by atoms with Crippen LogP contribution in [0.4, 0.5) is 0 Å². The number of dihydropyridines is 1. The van der Waals surface area contributed by atoms with Crippen LogP contribution in [0.3, 0.4) is 0 Å². The molecule has 0 spiro atoms. The summed E-state index contributed by atoms with van der Waals surface area (Å²) in [6.45, 7) is 15.0. The third-order valence-electron chi connectivity index (χ3n) is 6.17. The Morgan fingerprint density at radius 3 is 1.88 bits per heavy atom. The van der Waals surface area contributed by atoms with E-state index < -0.39 is 11.9 Å². The average Bonchev–Trinajstić information content (AvgIpc) is 2.75. The number of nitrogens with one attached hydrogen (secondary N) is 1. The van der Waals surface area contributed by atoms with Crippen LogP contribution in [0.1, 0.15) is 27.7 Å². The second-order valence-electron chi connectivity index (χ2n) is 8.50. The number of carbonyl (C=O) groups is 2. The van der Waals surface area contributed by atoms with Crippen molar-refractivity contribution in [2.75, 3.05) is 72.3 Å². The Balaban J connectivity index is 1.72. The van der Waals surface area contributed by atoms with Gasteiger partial charge in [-0.1, -0.05) is 6.92 Å². The predicted octanol–water partition coefficient (Wildman–Crippen LogP) is 0.913. The molecule has 32 heavy (non-hydrogen) atoms. The lowest BCUT2D eigenvalue weighted by atomic mass is 9.87. The van der Waals surface area contributed by atoms with E-state index in [1.165, 1.54) is 0 Å². The van der Waals surface area contributed by atoms with Gasteiger partial charge in [0.15, 0.2) is 0 Å². The fourth-order valence-corrected chi connectivity index (χ4v) is 4.57. The quantitative estimate of drug-likeness (QED) is 0.541. The van der Waals surface area contributed by atoms with E-state index in [2.05, 4.69) is 15.1 Å². The SMILES string of the molecule is CCOC(=O)C1=C(C)NC(C)=C(C(=O)OC(CN2CCOCC2)CN2CCOCC2)C1C. The van der Waals surface area contributed by atoms with Crippen LogP contribution in [-0.2, 0) is 28.5 Å². The molecule has 180 valence electrons. The summed E-state index contributed by atoms with van der Waals surface area (Å²) in [6.07, 6.45) is -0.288. The summed E-state index contributed by atoms with van der Waals surface area (Å²) in [4.78, 5) is 30.4. The molecule has 0 aromatic heterocycles. The number of nitrogens with zero attached hydrogens (tertiary/aromatic N) is 2. The first kappa shape index (κ1) is 24.7. The highest BCUT2D eigenvalue weighted by Crippen LogP contribution is 2.31. The van der Waals surface area contributed by atoms with Crippen molar-refractivity contribution in [2.45, 2.75) is 33.8 Å². The van der Waals surface area contributed by atoms with Crippen LogP contribution in [0.5, 0.6) is 0 Å². The number of esters is 2. The minimum atomic E-state index is -0.407. The number of hydrogen-bond donors (Lipinski definition) is 1. The molecule has 1 unspecified atom stereocenters. The maximum atomic E-state index is 13.4. The molecule has 9 heteroatoms. The van der Waals surface area contributed by atoms with Gasteiger partial charge in [-0.3, -0.25) is 9.80 Å². The summed E-state index contributed by atoms with van der Waals surface area (Å²) in [7, 11) is 0. The Hall–Kier alpha value is -1.94. The maximum absolute atomic E-state index is 13.4. The molecular weight excluding hydrogens is 414 g/mol. The normalized spacial score (nSPS) is 23.3. The Morgan fingerprint density at radius 1 is 0.938 bits per heavy atom. The summed E-state index contributed by atoms with van der Waals surface area (Å²) >= 11 is 0. The second-order valence-corrected chi connectivity index (χ2v) is 8.50. The van der Waals surface area contributed by atoms with Gasteiger partial charge in [0.2, 0.25) is 0 Å². The van der Waals surface area contributed by atoms with E-state index in [4.69, 9.17) is 18.9 Å². The zero-order valence-corrected chi connectivity index (χ0v) is 19.8. The molecule has 9 nitrogen and oxygen atoms in total. The van der Waals surface area contributed by atoms with Gasteiger partial charge < -0.3 is 24.3 Å². The average molecular weight is 452 g/mol. The van der Waals surface area contributed by atoms with E-state index in [1.54, 1.807) is 6.92 Å². The van der Waals surface area contributed by atoms with Crippen LogP contribution in [0.2, 0.25) is 0 Å². The van der Waals surface area contributed by atoms with Crippen LogP contribution in [0, 0.1) is 5.92 Å². The van der Waals surface area contributed by atoms with Crippen molar-refractivity contribution in [2.24, 2.45) is 5.92 Å². The van der Waals surface area contributed by atoms with Gasteiger partial charge in [-0.25, -0.2) is 9.59 Å². The van der Waals surface area contributed by atoms with Crippen LogP contribution in [-0.4, -0.2) is 100 Å². The highest BCUT2D eigenvalue weighted by molar-refractivity contribution is 5.97. The van der Waals surface area contributed by atoms with E-state index in [-0.39, 0.29) is 18.7 Å². The van der Waals surface area contributed by atoms with Gasteiger partial charge >= 0.3 is 11.9 Å². The van der Waals surface area contributed by atoms with Crippen molar-refractivity contribution in [1.29, 1.82) is 0 Å². The molecule has 2 fully saturated rings. The van der Waals surface area contributed by atoms with E-state index in [1.807, 2.05) is 20.8 Å². The number of morpholine rings is 2. The van der Waals surface area contributed by atoms with Crippen LogP contribution in [0.25, 0.3) is 0 Å². The third kappa shape index (κ3) is 6.31. The number of rotatable bonds is 8. The van der Waals surface area contributed by atoms with E-state index in [9.17, 15) is 9.59 Å². The van der Waals surface area contributed by atoms with Crippen molar-refractivity contribution in [3.05, 3.63) is 22.5 Å². The van der Waals surface area contributed by atoms with Gasteiger partial charge in [-0.2, -0.15) is 0 Å². The molecule has 0 radical (unpaired) electrons. The molecule has 3 rings (SSSR count). The first-order chi connectivity index (χ1) is 15.4. The maximum Gasteiger partial charge on any atom is 0.336 e. The van der Waals surface area contributed by atoms with E-state index in [0.29, 0.717) is 62.1 Å². The first-order valence-electron chi connectivity index (χ1n) is 11.6. The Bertz CT molecular complexity index is 718. The Morgan fingerprint density at radius 2 is 1.41 bits per heavy atom. The Kier molecular flexibility index (Phi) is 9.10. The topological polar surface area (TPSA) is 89.6 Å². The Labute approximate surface area is 190 Å². The van der Waals surface area contributed by atoms with Crippen molar-refractivity contribution >= 4 is 11.9 Å². The summed E-state index contributed by atoms with van der Waals surface area (Å²) in [5, 5.41) is 3.17. The zero-order chi connectivity index (χ0) is 23.1. The lowest BCUT2D eigenvalue weighted by molar-refractivity contribution is -0.148. The largest absolute Gasteiger partial charge is 0.463 e. The molecule has 3 aliphatic heterocycles. The minimum Gasteiger partial charge on any atom is -0.463 e. The van der Waals surface area contributed by atoms with Gasteiger partial charge in [-0.05, 0) is 20.8 Å². The third-order valence-corrected chi connectivity index (χ3v) is 6.17. The minimum absolute atomic E-state index is 0.284. The number of ether oxygens (including phenoxy) is 4. The molecule has 1 N–H and O–H groups in total. The summed E-state index contributed by atoms with van der Waals surface area (Å²) < 4.78 is 22.2. The smallest absolute Gasteiger partial charge is 0.336 e. The molecule has 0 aromatic rings. The lowest BCUT2D eigenvalue weighted by Crippen LogP contribution is -2.48. The molecule has 0 bridgehead atoms. The van der Waals surface area contributed by atoms with Crippen molar-refractivity contribution < 1.29 is 28.5 Å². The van der Waals surface area contributed by atoms with Crippen molar-refractivity contribution in [1.82, 2.24) is 15.1 Å². The summed E-state index contributed by atoms with van der Waals surface area (Å²) in [5.74, 6) is -1.19. The fourth-order valence-electron chi connectivity index (χ4n) is 4.57.